The van der Waals surface area contributed by atoms with Gasteiger partial charge in [0.1, 0.15) is 0 Å². The SMILES string of the molecule is CCCCP(=O)(OCc1c(F)c(F)c(F)c(F)c1F)OCc1c(F)c(F)c(F)c(F)c1F. The number of rotatable bonds is 9. The maximum absolute atomic E-state index is 13.8. The summed E-state index contributed by atoms with van der Waals surface area (Å²) in [5.74, 6) is -23.2. The molecule has 2 aromatic carbocycles. The first kappa shape index (κ1) is 26.1. The summed E-state index contributed by atoms with van der Waals surface area (Å²) in [5, 5.41) is 0. The maximum Gasteiger partial charge on any atom is 0.331 e. The van der Waals surface area contributed by atoms with Crippen LogP contribution in [0.25, 0.3) is 0 Å². The van der Waals surface area contributed by atoms with Crippen LogP contribution in [-0.2, 0) is 26.8 Å². The minimum atomic E-state index is -4.57. The summed E-state index contributed by atoms with van der Waals surface area (Å²) in [7, 11) is -4.57. The van der Waals surface area contributed by atoms with Crippen molar-refractivity contribution in [3.63, 3.8) is 0 Å². The fraction of sp³-hybridized carbons (Fsp3) is 0.333. The van der Waals surface area contributed by atoms with Gasteiger partial charge >= 0.3 is 7.60 Å². The van der Waals surface area contributed by atoms with Crippen molar-refractivity contribution >= 4 is 7.60 Å². The monoisotopic (exact) mass is 498 g/mol. The third-order valence-electron chi connectivity index (χ3n) is 4.20. The van der Waals surface area contributed by atoms with Gasteiger partial charge in [-0.05, 0) is 6.42 Å². The molecule has 32 heavy (non-hydrogen) atoms. The van der Waals surface area contributed by atoms with E-state index >= 15 is 0 Å². The van der Waals surface area contributed by atoms with Crippen LogP contribution in [0.1, 0.15) is 30.9 Å². The van der Waals surface area contributed by atoms with Gasteiger partial charge in [-0.25, -0.2) is 43.9 Å². The van der Waals surface area contributed by atoms with E-state index in [1.807, 2.05) is 0 Å². The quantitative estimate of drug-likeness (QED) is 0.165. The zero-order chi connectivity index (χ0) is 24.4. The summed E-state index contributed by atoms with van der Waals surface area (Å²) in [6.07, 6.45) is -0.207. The molecule has 0 aliphatic heterocycles. The lowest BCUT2D eigenvalue weighted by Gasteiger charge is -2.20. The molecule has 0 aliphatic carbocycles. The fourth-order valence-electron chi connectivity index (χ4n) is 2.40. The van der Waals surface area contributed by atoms with Crippen molar-refractivity contribution < 1.29 is 57.5 Å². The number of unbranched alkanes of at least 4 members (excludes halogenated alkanes) is 1. The summed E-state index contributed by atoms with van der Waals surface area (Å²) < 4.78 is 157. The van der Waals surface area contributed by atoms with Crippen LogP contribution in [0.2, 0.25) is 0 Å². The molecule has 0 atom stereocenters. The molecule has 178 valence electrons. The van der Waals surface area contributed by atoms with Crippen LogP contribution in [0, 0.1) is 58.2 Å². The van der Waals surface area contributed by atoms with Gasteiger partial charge in [-0.3, -0.25) is 4.57 Å². The van der Waals surface area contributed by atoms with E-state index in [2.05, 4.69) is 0 Å². The van der Waals surface area contributed by atoms with E-state index in [1.165, 1.54) is 0 Å². The van der Waals surface area contributed by atoms with Gasteiger partial charge in [-0.1, -0.05) is 13.3 Å². The molecular formula is C18H13F10O3P. The normalized spacial score (nSPS) is 12.0. The van der Waals surface area contributed by atoms with Crippen LogP contribution in [0.15, 0.2) is 0 Å². The second-order valence-electron chi connectivity index (χ2n) is 6.33. The van der Waals surface area contributed by atoms with Gasteiger partial charge in [-0.2, -0.15) is 0 Å². The number of hydrogen-bond acceptors (Lipinski definition) is 3. The molecule has 2 rings (SSSR count). The zero-order valence-electron chi connectivity index (χ0n) is 16.0. The van der Waals surface area contributed by atoms with Gasteiger partial charge in [0.25, 0.3) is 0 Å². The highest BCUT2D eigenvalue weighted by molar-refractivity contribution is 7.53. The molecule has 0 saturated heterocycles. The molecule has 0 amide bonds. The Morgan fingerprint density at radius 2 is 0.844 bits per heavy atom. The predicted octanol–water partition coefficient (Wildman–Crippen LogP) is 6.80. The Labute approximate surface area is 174 Å². The third-order valence-corrected chi connectivity index (χ3v) is 6.11. The van der Waals surface area contributed by atoms with Gasteiger partial charge in [0, 0.05) is 0 Å². The molecule has 0 fully saturated rings. The molecule has 0 aliphatic rings. The lowest BCUT2D eigenvalue weighted by molar-refractivity contribution is 0.180. The summed E-state index contributed by atoms with van der Waals surface area (Å²) in [6, 6.07) is 0. The smallest absolute Gasteiger partial charge is 0.304 e. The van der Waals surface area contributed by atoms with E-state index < -0.39 is 96.3 Å². The summed E-state index contributed by atoms with van der Waals surface area (Å²) in [6.45, 7) is -1.35. The van der Waals surface area contributed by atoms with Gasteiger partial charge in [0.2, 0.25) is 11.6 Å². The minimum absolute atomic E-state index is 0.0332. The molecule has 0 spiro atoms. The Morgan fingerprint density at radius 3 is 1.12 bits per heavy atom. The topological polar surface area (TPSA) is 35.5 Å². The number of hydrogen-bond donors (Lipinski definition) is 0. The van der Waals surface area contributed by atoms with E-state index in [1.54, 1.807) is 6.92 Å². The Balaban J connectivity index is 2.33. The molecule has 0 unspecified atom stereocenters. The second kappa shape index (κ2) is 10.2. The van der Waals surface area contributed by atoms with Crippen LogP contribution in [0.5, 0.6) is 0 Å². The standard InChI is InChI=1S/C18H13F10O3P/c1-2-3-4-32(29,30-5-7-9(19)13(23)17(27)14(24)10(7)20)31-6-8-11(21)15(25)18(28)16(26)12(8)22/h2-6H2,1H3. The first-order valence-corrected chi connectivity index (χ1v) is 10.5. The number of benzene rings is 2. The van der Waals surface area contributed by atoms with E-state index in [0.29, 0.717) is 6.42 Å². The molecule has 0 heterocycles. The Bertz CT molecular complexity index is 940. The van der Waals surface area contributed by atoms with Gasteiger partial charge in [0.15, 0.2) is 46.5 Å². The van der Waals surface area contributed by atoms with Gasteiger partial charge in [0.05, 0.1) is 30.5 Å². The molecule has 0 saturated carbocycles. The van der Waals surface area contributed by atoms with E-state index in [-0.39, 0.29) is 6.42 Å². The Kier molecular flexibility index (Phi) is 8.35. The predicted molar refractivity (Wildman–Crippen MR) is 89.4 cm³/mol. The Hall–Kier alpha value is -2.11. The highest BCUT2D eigenvalue weighted by atomic mass is 31.2. The highest BCUT2D eigenvalue weighted by Crippen LogP contribution is 2.51. The van der Waals surface area contributed by atoms with E-state index in [9.17, 15) is 48.5 Å². The van der Waals surface area contributed by atoms with Crippen molar-refractivity contribution in [2.24, 2.45) is 0 Å². The average molecular weight is 498 g/mol. The molecule has 2 aromatic rings. The molecule has 0 N–H and O–H groups in total. The van der Waals surface area contributed by atoms with Gasteiger partial charge in [-0.15, -0.1) is 0 Å². The summed E-state index contributed by atoms with van der Waals surface area (Å²) in [5.41, 5.74) is -3.00. The molecular weight excluding hydrogens is 485 g/mol. The Morgan fingerprint density at radius 1 is 0.562 bits per heavy atom. The van der Waals surface area contributed by atoms with Crippen LogP contribution in [-0.4, -0.2) is 6.16 Å². The van der Waals surface area contributed by atoms with Crippen molar-refractivity contribution in [1.29, 1.82) is 0 Å². The summed E-state index contributed by atoms with van der Waals surface area (Å²) in [4.78, 5) is 0. The van der Waals surface area contributed by atoms with Crippen molar-refractivity contribution in [3.05, 3.63) is 69.3 Å². The van der Waals surface area contributed by atoms with Crippen LogP contribution in [0.3, 0.4) is 0 Å². The van der Waals surface area contributed by atoms with E-state index in [0.717, 1.165) is 0 Å². The van der Waals surface area contributed by atoms with Crippen molar-refractivity contribution in [2.75, 3.05) is 6.16 Å². The van der Waals surface area contributed by atoms with Crippen LogP contribution < -0.4 is 0 Å². The second-order valence-corrected chi connectivity index (χ2v) is 8.52. The fourth-order valence-corrected chi connectivity index (χ4v) is 4.09. The van der Waals surface area contributed by atoms with Crippen molar-refractivity contribution in [3.8, 4) is 0 Å². The minimum Gasteiger partial charge on any atom is -0.304 e. The van der Waals surface area contributed by atoms with E-state index in [4.69, 9.17) is 9.05 Å². The average Bonchev–Trinajstić information content (AvgIpc) is 2.77. The highest BCUT2D eigenvalue weighted by Gasteiger charge is 2.32. The molecule has 0 aromatic heterocycles. The van der Waals surface area contributed by atoms with Gasteiger partial charge < -0.3 is 9.05 Å². The third kappa shape index (κ3) is 5.10. The molecule has 3 nitrogen and oxygen atoms in total. The molecule has 0 radical (unpaired) electrons. The zero-order valence-corrected chi connectivity index (χ0v) is 16.9. The summed E-state index contributed by atoms with van der Waals surface area (Å²) >= 11 is 0. The van der Waals surface area contributed by atoms with Crippen molar-refractivity contribution in [1.82, 2.24) is 0 Å². The lowest BCUT2D eigenvalue weighted by atomic mass is 10.2. The first-order valence-electron chi connectivity index (χ1n) is 8.75. The van der Waals surface area contributed by atoms with Crippen molar-refractivity contribution in [2.45, 2.75) is 33.0 Å². The largest absolute Gasteiger partial charge is 0.331 e. The maximum atomic E-state index is 13.8. The van der Waals surface area contributed by atoms with Crippen LogP contribution in [0.4, 0.5) is 43.9 Å². The molecule has 14 heteroatoms. The first-order chi connectivity index (χ1) is 14.9. The lowest BCUT2D eigenvalue weighted by Crippen LogP contribution is -2.11. The molecule has 0 bridgehead atoms. The van der Waals surface area contributed by atoms with Crippen LogP contribution >= 0.6 is 7.60 Å². The number of halogens is 10.